The van der Waals surface area contributed by atoms with E-state index in [1.54, 1.807) is 13.2 Å². The van der Waals surface area contributed by atoms with Crippen molar-refractivity contribution in [2.75, 3.05) is 24.3 Å². The molecule has 0 radical (unpaired) electrons. The smallest absolute Gasteiger partial charge is 0.155 e. The number of nitrogens with zero attached hydrogens (tertiary/aromatic N) is 3. The van der Waals surface area contributed by atoms with Crippen molar-refractivity contribution in [3.05, 3.63) is 29.7 Å². The number of hydrogen-bond donors (Lipinski definition) is 2. The first-order valence-electron chi connectivity index (χ1n) is 5.01. The summed E-state index contributed by atoms with van der Waals surface area (Å²) in [7, 11) is 3.56. The van der Waals surface area contributed by atoms with E-state index >= 15 is 0 Å². The number of nitrogens with one attached hydrogen (secondary N) is 2. The maximum Gasteiger partial charge on any atom is 0.155 e. The Bertz CT molecular complexity index is 543. The van der Waals surface area contributed by atoms with Gasteiger partial charge in [-0.3, -0.25) is 0 Å². The van der Waals surface area contributed by atoms with Crippen LogP contribution in [0.5, 0.6) is 0 Å². The Kier molecular flexibility index (Phi) is 2.93. The SMILES string of the molecule is CNC(=S)/C(C#N)=C1\Nc2ncccc2N1C. The molecule has 0 bridgehead atoms. The van der Waals surface area contributed by atoms with Gasteiger partial charge < -0.3 is 15.5 Å². The van der Waals surface area contributed by atoms with Crippen LogP contribution in [0.4, 0.5) is 11.5 Å². The topological polar surface area (TPSA) is 64.0 Å². The Hall–Kier alpha value is -2.13. The van der Waals surface area contributed by atoms with Crippen molar-refractivity contribution in [3.8, 4) is 6.07 Å². The zero-order valence-electron chi connectivity index (χ0n) is 9.48. The number of rotatable bonds is 1. The van der Waals surface area contributed by atoms with Gasteiger partial charge in [0, 0.05) is 20.3 Å². The van der Waals surface area contributed by atoms with E-state index in [1.807, 2.05) is 24.1 Å². The number of likely N-dealkylation sites (N-methyl/N-ethyl adjacent to an activating group) is 1. The standard InChI is InChI=1S/C11H11N5S/c1-13-11(17)7(6-12)10-15-9-8(16(10)2)4-3-5-14-9/h3-5H,1-2H3,(H,13,17)(H,14,15)/b10-7+. The summed E-state index contributed by atoms with van der Waals surface area (Å²) in [4.78, 5) is 6.48. The second-order valence-corrected chi connectivity index (χ2v) is 3.88. The molecule has 0 spiro atoms. The van der Waals surface area contributed by atoms with Gasteiger partial charge in [-0.25, -0.2) is 4.98 Å². The van der Waals surface area contributed by atoms with Gasteiger partial charge in [0.2, 0.25) is 0 Å². The zero-order valence-corrected chi connectivity index (χ0v) is 10.3. The van der Waals surface area contributed by atoms with E-state index in [1.165, 1.54) is 0 Å². The summed E-state index contributed by atoms with van der Waals surface area (Å²) in [6.45, 7) is 0. The summed E-state index contributed by atoms with van der Waals surface area (Å²) in [5, 5.41) is 15.1. The fourth-order valence-electron chi connectivity index (χ4n) is 1.65. The van der Waals surface area contributed by atoms with Crippen molar-refractivity contribution >= 4 is 28.7 Å². The van der Waals surface area contributed by atoms with Crippen LogP contribution in [-0.2, 0) is 0 Å². The van der Waals surface area contributed by atoms with Crippen LogP contribution in [0.25, 0.3) is 0 Å². The van der Waals surface area contributed by atoms with E-state index in [9.17, 15) is 0 Å². The highest BCUT2D eigenvalue weighted by molar-refractivity contribution is 7.80. The van der Waals surface area contributed by atoms with E-state index in [0.29, 0.717) is 16.4 Å². The molecule has 2 heterocycles. The molecule has 0 saturated carbocycles. The van der Waals surface area contributed by atoms with E-state index in [0.717, 1.165) is 11.5 Å². The summed E-state index contributed by atoms with van der Waals surface area (Å²) in [6, 6.07) is 5.88. The van der Waals surface area contributed by atoms with Crippen molar-refractivity contribution in [2.24, 2.45) is 0 Å². The second-order valence-electron chi connectivity index (χ2n) is 3.47. The molecular weight excluding hydrogens is 234 g/mol. The van der Waals surface area contributed by atoms with Gasteiger partial charge in [-0.1, -0.05) is 12.2 Å². The van der Waals surface area contributed by atoms with Gasteiger partial charge in [0.15, 0.2) is 5.82 Å². The van der Waals surface area contributed by atoms with Gasteiger partial charge >= 0.3 is 0 Å². The highest BCUT2D eigenvalue weighted by Crippen LogP contribution is 2.33. The zero-order chi connectivity index (χ0) is 12.4. The lowest BCUT2D eigenvalue weighted by atomic mass is 10.2. The van der Waals surface area contributed by atoms with Gasteiger partial charge in [0.05, 0.1) is 5.69 Å². The van der Waals surface area contributed by atoms with Crippen LogP contribution in [0.1, 0.15) is 0 Å². The first-order chi connectivity index (χ1) is 8.19. The lowest BCUT2D eigenvalue weighted by molar-refractivity contribution is 1.13. The van der Waals surface area contributed by atoms with Crippen LogP contribution in [-0.4, -0.2) is 24.1 Å². The van der Waals surface area contributed by atoms with Crippen molar-refractivity contribution in [1.29, 1.82) is 5.26 Å². The maximum atomic E-state index is 9.16. The van der Waals surface area contributed by atoms with E-state index in [4.69, 9.17) is 17.5 Å². The summed E-state index contributed by atoms with van der Waals surface area (Å²) in [5.74, 6) is 1.39. The molecule has 1 aromatic rings. The number of fused-ring (bicyclic) bond motifs is 1. The minimum atomic E-state index is 0.406. The van der Waals surface area contributed by atoms with Gasteiger partial charge in [-0.15, -0.1) is 0 Å². The Morgan fingerprint density at radius 1 is 1.65 bits per heavy atom. The Morgan fingerprint density at radius 3 is 3.00 bits per heavy atom. The van der Waals surface area contributed by atoms with Crippen molar-refractivity contribution in [1.82, 2.24) is 10.3 Å². The van der Waals surface area contributed by atoms with Gasteiger partial charge in [0.25, 0.3) is 0 Å². The number of nitriles is 1. The summed E-state index contributed by atoms with van der Waals surface area (Å²) in [6.07, 6.45) is 1.70. The van der Waals surface area contributed by atoms with Gasteiger partial charge in [-0.05, 0) is 12.1 Å². The number of anilines is 2. The highest BCUT2D eigenvalue weighted by atomic mass is 32.1. The number of hydrogen-bond acceptors (Lipinski definition) is 5. The third-order valence-corrected chi connectivity index (χ3v) is 2.93. The molecule has 1 aromatic heterocycles. The van der Waals surface area contributed by atoms with Crippen molar-refractivity contribution < 1.29 is 0 Å². The quantitative estimate of drug-likeness (QED) is 0.441. The second kappa shape index (κ2) is 4.39. The lowest BCUT2D eigenvalue weighted by Crippen LogP contribution is -2.25. The third kappa shape index (κ3) is 1.81. The Labute approximate surface area is 105 Å². The molecule has 0 aliphatic carbocycles. The van der Waals surface area contributed by atoms with Crippen LogP contribution in [0.3, 0.4) is 0 Å². The summed E-state index contributed by atoms with van der Waals surface area (Å²) >= 11 is 5.10. The molecule has 0 fully saturated rings. The predicted octanol–water partition coefficient (Wildman–Crippen LogP) is 1.23. The van der Waals surface area contributed by atoms with Crippen molar-refractivity contribution in [3.63, 3.8) is 0 Å². The summed E-state index contributed by atoms with van der Waals surface area (Å²) < 4.78 is 0. The normalized spacial score (nSPS) is 15.7. The largest absolute Gasteiger partial charge is 0.378 e. The molecule has 0 saturated heterocycles. The fraction of sp³-hybridized carbons (Fsp3) is 0.182. The van der Waals surface area contributed by atoms with E-state index < -0.39 is 0 Å². The maximum absolute atomic E-state index is 9.16. The van der Waals surface area contributed by atoms with Gasteiger partial charge in [0.1, 0.15) is 22.5 Å². The third-order valence-electron chi connectivity index (χ3n) is 2.52. The van der Waals surface area contributed by atoms with Crippen LogP contribution >= 0.6 is 12.2 Å². The lowest BCUT2D eigenvalue weighted by Gasteiger charge is -2.14. The molecule has 6 heteroatoms. The average Bonchev–Trinajstić information content (AvgIpc) is 2.68. The molecule has 2 N–H and O–H groups in total. The van der Waals surface area contributed by atoms with Crippen LogP contribution in [0.2, 0.25) is 0 Å². The van der Waals surface area contributed by atoms with Crippen LogP contribution in [0.15, 0.2) is 29.7 Å². The highest BCUT2D eigenvalue weighted by Gasteiger charge is 2.25. The minimum absolute atomic E-state index is 0.406. The molecule has 0 unspecified atom stereocenters. The molecule has 86 valence electrons. The number of thiocarbonyl (C=S) groups is 1. The molecule has 17 heavy (non-hydrogen) atoms. The molecule has 0 aromatic carbocycles. The molecule has 2 rings (SSSR count). The Balaban J connectivity index is 2.49. The molecule has 1 aliphatic rings. The minimum Gasteiger partial charge on any atom is -0.378 e. The number of aromatic nitrogens is 1. The number of pyridine rings is 1. The fourth-order valence-corrected chi connectivity index (χ4v) is 1.79. The van der Waals surface area contributed by atoms with E-state index in [2.05, 4.69) is 21.7 Å². The molecule has 1 aliphatic heterocycles. The predicted molar refractivity (Wildman–Crippen MR) is 70.6 cm³/mol. The monoisotopic (exact) mass is 245 g/mol. The molecule has 0 atom stereocenters. The average molecular weight is 245 g/mol. The summed E-state index contributed by atoms with van der Waals surface area (Å²) in [5.41, 5.74) is 1.33. The van der Waals surface area contributed by atoms with Crippen molar-refractivity contribution in [2.45, 2.75) is 0 Å². The first-order valence-corrected chi connectivity index (χ1v) is 5.42. The molecular formula is C11H11N5S. The van der Waals surface area contributed by atoms with E-state index in [-0.39, 0.29) is 0 Å². The van der Waals surface area contributed by atoms with Crippen LogP contribution < -0.4 is 15.5 Å². The molecule has 0 amide bonds. The Morgan fingerprint density at radius 2 is 2.41 bits per heavy atom. The first kappa shape index (κ1) is 11.4. The van der Waals surface area contributed by atoms with Crippen LogP contribution in [0, 0.1) is 11.3 Å². The van der Waals surface area contributed by atoms with Gasteiger partial charge in [-0.2, -0.15) is 5.26 Å². The molecule has 5 nitrogen and oxygen atoms in total.